The number of halogens is 2. The number of H-pyrrole nitrogens is 2. The number of amides is 4. The van der Waals surface area contributed by atoms with Crippen molar-refractivity contribution in [3.8, 4) is 33.5 Å². The molecule has 336 valence electrons. The second kappa shape index (κ2) is 17.3. The van der Waals surface area contributed by atoms with Gasteiger partial charge in [-0.05, 0) is 96.9 Å². The number of ether oxygens (including phenoxy) is 3. The molecule has 3 fully saturated rings. The van der Waals surface area contributed by atoms with Crippen LogP contribution in [0.15, 0.2) is 60.8 Å². The third-order valence-corrected chi connectivity index (χ3v) is 13.3. The van der Waals surface area contributed by atoms with Crippen molar-refractivity contribution < 1.29 is 42.2 Å². The van der Waals surface area contributed by atoms with E-state index in [-0.39, 0.29) is 46.9 Å². The number of carbonyl (C=O) groups is 4. The van der Waals surface area contributed by atoms with Crippen LogP contribution >= 0.6 is 0 Å². The second-order valence-corrected chi connectivity index (χ2v) is 17.4. The van der Waals surface area contributed by atoms with Crippen LogP contribution in [0.2, 0.25) is 0 Å². The molecular weight excluding hydrogens is 827 g/mol. The molecule has 1 aliphatic carbocycles. The van der Waals surface area contributed by atoms with Gasteiger partial charge in [0.2, 0.25) is 11.8 Å². The van der Waals surface area contributed by atoms with Crippen LogP contribution in [0.5, 0.6) is 0 Å². The molecule has 0 spiro atoms. The summed E-state index contributed by atoms with van der Waals surface area (Å²) >= 11 is 0. The monoisotopic (exact) mass is 878 g/mol. The molecule has 5 aromatic rings. The first-order valence-corrected chi connectivity index (χ1v) is 22.0. The van der Waals surface area contributed by atoms with E-state index in [2.05, 4.69) is 25.6 Å². The van der Waals surface area contributed by atoms with Crippen molar-refractivity contribution in [1.82, 2.24) is 40.4 Å². The maximum absolute atomic E-state index is 16.6. The molecule has 5 heterocycles. The van der Waals surface area contributed by atoms with Crippen LogP contribution in [0.4, 0.5) is 18.4 Å². The highest BCUT2D eigenvalue weighted by Crippen LogP contribution is 2.53. The Hall–Kier alpha value is -6.36. The molecule has 64 heavy (non-hydrogen) atoms. The number of nitrogens with one attached hydrogen (secondary N) is 4. The fourth-order valence-corrected chi connectivity index (χ4v) is 9.89. The van der Waals surface area contributed by atoms with E-state index >= 15 is 8.78 Å². The van der Waals surface area contributed by atoms with Crippen LogP contribution < -0.4 is 10.6 Å². The Morgan fingerprint density at radius 2 is 1.36 bits per heavy atom. The Morgan fingerprint density at radius 3 is 2.03 bits per heavy atom. The minimum absolute atomic E-state index is 0.0875. The molecule has 4 amide bonds. The maximum Gasteiger partial charge on any atom is 0.407 e. The molecule has 4 aliphatic rings. The SMILES string of the molecule is COC(=O)NC(C(=O)N1CCC[C@H]1c1ncc(-c2ccc3c(c2)C(F)(F)c2cc(-c4ccc5nc([C@@H]6CCCN6C(=O)[C@@H](NC(=O)OC)C6CCOCC6)[nH]c5c4)ccc2-3)[nH]1)C(C)C. The normalized spacial score (nSPS) is 20.2. The predicted molar refractivity (Wildman–Crippen MR) is 232 cm³/mol. The van der Waals surface area contributed by atoms with Gasteiger partial charge in [0.05, 0.1) is 49.2 Å². The standard InChI is InChI=1S/C47H52F2N8O7/c1-25(2)39(54-45(60)62-3)43(58)56-17-5-7-37(56)41-50-24-36(53-41)29-10-13-31-30-12-9-27(21-32(30)47(48,49)33(31)22-29)28-11-14-34-35(23-28)52-42(51-34)38-8-6-18-57(38)44(59)40(55-46(61)63-4)26-15-19-64-20-16-26/h9-14,21-26,37-40H,5-8,15-20H2,1-4H3,(H,50,53)(H,51,52)(H,54,60)(H,55,61)/t37-,38-,39?,40-/m0/s1. The first-order chi connectivity index (χ1) is 30.9. The smallest absolute Gasteiger partial charge is 0.407 e. The Balaban J connectivity index is 0.932. The van der Waals surface area contributed by atoms with Crippen molar-refractivity contribution in [2.45, 2.75) is 82.5 Å². The van der Waals surface area contributed by atoms with Gasteiger partial charge in [0.25, 0.3) is 5.92 Å². The van der Waals surface area contributed by atoms with Gasteiger partial charge < -0.3 is 44.6 Å². The molecule has 2 aromatic heterocycles. The average Bonchev–Trinajstić information content (AvgIpc) is 4.17. The van der Waals surface area contributed by atoms with Crippen LogP contribution in [-0.4, -0.2) is 106 Å². The summed E-state index contributed by atoms with van der Waals surface area (Å²) in [5.74, 6) is -2.81. The number of rotatable bonds is 10. The number of nitrogens with zero attached hydrogens (tertiary/aromatic N) is 4. The summed E-state index contributed by atoms with van der Waals surface area (Å²) in [5.41, 5.74) is 4.53. The second-order valence-electron chi connectivity index (χ2n) is 17.4. The van der Waals surface area contributed by atoms with Crippen molar-refractivity contribution in [2.24, 2.45) is 11.8 Å². The first-order valence-electron chi connectivity index (χ1n) is 22.0. The van der Waals surface area contributed by atoms with Gasteiger partial charge in [-0.25, -0.2) is 19.6 Å². The molecule has 15 nitrogen and oxygen atoms in total. The molecular formula is C47H52F2N8O7. The van der Waals surface area contributed by atoms with Crippen LogP contribution in [-0.2, 0) is 29.7 Å². The number of alkyl halides is 2. The zero-order valence-electron chi connectivity index (χ0n) is 36.2. The molecule has 0 radical (unpaired) electrons. The van der Waals surface area contributed by atoms with E-state index < -0.39 is 30.2 Å². The lowest BCUT2D eigenvalue weighted by atomic mass is 9.90. The predicted octanol–water partition coefficient (Wildman–Crippen LogP) is 7.60. The lowest BCUT2D eigenvalue weighted by Crippen LogP contribution is -2.53. The Bertz CT molecular complexity index is 2600. The fourth-order valence-electron chi connectivity index (χ4n) is 9.89. The first kappa shape index (κ1) is 42.9. The molecule has 3 aromatic carbocycles. The average molecular weight is 879 g/mol. The van der Waals surface area contributed by atoms with E-state index in [1.165, 1.54) is 20.3 Å². The summed E-state index contributed by atoms with van der Waals surface area (Å²) < 4.78 is 48.3. The number of benzene rings is 3. The number of alkyl carbamates (subject to hydrolysis) is 2. The van der Waals surface area contributed by atoms with Gasteiger partial charge in [-0.15, -0.1) is 0 Å². The summed E-state index contributed by atoms with van der Waals surface area (Å²) in [6, 6.07) is 13.5. The third kappa shape index (κ3) is 7.83. The van der Waals surface area contributed by atoms with Crippen molar-refractivity contribution in [2.75, 3.05) is 40.5 Å². The minimum Gasteiger partial charge on any atom is -0.453 e. The lowest BCUT2D eigenvalue weighted by molar-refractivity contribution is -0.137. The van der Waals surface area contributed by atoms with Crippen LogP contribution in [0.25, 0.3) is 44.5 Å². The zero-order valence-corrected chi connectivity index (χ0v) is 36.2. The molecule has 1 unspecified atom stereocenters. The summed E-state index contributed by atoms with van der Waals surface area (Å²) in [7, 11) is 2.53. The highest BCUT2D eigenvalue weighted by molar-refractivity contribution is 5.89. The lowest BCUT2D eigenvalue weighted by Gasteiger charge is -2.34. The summed E-state index contributed by atoms with van der Waals surface area (Å²) in [5, 5.41) is 5.44. The van der Waals surface area contributed by atoms with E-state index in [4.69, 9.17) is 19.2 Å². The van der Waals surface area contributed by atoms with Crippen LogP contribution in [0.3, 0.4) is 0 Å². The van der Waals surface area contributed by atoms with Crippen LogP contribution in [0, 0.1) is 11.8 Å². The Kier molecular flexibility index (Phi) is 11.6. The Labute approximate surface area is 368 Å². The van der Waals surface area contributed by atoms with E-state index in [0.717, 1.165) is 18.4 Å². The molecule has 4 N–H and O–H groups in total. The number of carbonyl (C=O) groups excluding carboxylic acids is 4. The summed E-state index contributed by atoms with van der Waals surface area (Å²) in [6.07, 6.45) is 4.42. The van der Waals surface area contributed by atoms with E-state index in [1.807, 2.05) is 38.1 Å². The molecule has 4 atom stereocenters. The number of imidazole rings is 2. The van der Waals surface area contributed by atoms with E-state index in [1.54, 1.807) is 40.3 Å². The highest BCUT2D eigenvalue weighted by atomic mass is 19.3. The van der Waals surface area contributed by atoms with Gasteiger partial charge in [0.1, 0.15) is 23.7 Å². The maximum atomic E-state index is 16.6. The van der Waals surface area contributed by atoms with Gasteiger partial charge in [-0.2, -0.15) is 8.78 Å². The van der Waals surface area contributed by atoms with Gasteiger partial charge in [0.15, 0.2) is 0 Å². The number of methoxy groups -OCH3 is 2. The minimum atomic E-state index is -3.29. The van der Waals surface area contributed by atoms with Gasteiger partial charge >= 0.3 is 12.2 Å². The van der Waals surface area contributed by atoms with Gasteiger partial charge in [0, 0.05) is 43.0 Å². The number of hydrogen-bond donors (Lipinski definition) is 4. The Morgan fingerprint density at radius 1 is 0.766 bits per heavy atom. The van der Waals surface area contributed by atoms with E-state index in [9.17, 15) is 19.2 Å². The number of fused-ring (bicyclic) bond motifs is 4. The molecule has 3 aliphatic heterocycles. The topological polar surface area (TPSA) is 184 Å². The zero-order chi connectivity index (χ0) is 44.9. The van der Waals surface area contributed by atoms with Crippen LogP contribution in [0.1, 0.15) is 87.2 Å². The summed E-state index contributed by atoms with van der Waals surface area (Å²) in [4.78, 5) is 71.8. The molecule has 3 saturated heterocycles. The van der Waals surface area contributed by atoms with Gasteiger partial charge in [-0.3, -0.25) is 9.59 Å². The fraction of sp³-hybridized carbons (Fsp3) is 0.447. The van der Waals surface area contributed by atoms with Gasteiger partial charge in [-0.1, -0.05) is 44.2 Å². The number of likely N-dealkylation sites (tertiary alicyclic amines) is 2. The molecule has 9 rings (SSSR count). The van der Waals surface area contributed by atoms with Crippen molar-refractivity contribution in [3.63, 3.8) is 0 Å². The highest BCUT2D eigenvalue weighted by Gasteiger charge is 2.45. The largest absolute Gasteiger partial charge is 0.453 e. The third-order valence-electron chi connectivity index (χ3n) is 13.3. The van der Waals surface area contributed by atoms with E-state index in [0.29, 0.717) is 103 Å². The van der Waals surface area contributed by atoms with Crippen molar-refractivity contribution in [1.29, 1.82) is 0 Å². The quantitative estimate of drug-likeness (QED) is 0.110. The molecule has 0 saturated carbocycles. The molecule has 17 heteroatoms. The number of aromatic nitrogens is 4. The summed E-state index contributed by atoms with van der Waals surface area (Å²) in [6.45, 7) is 5.74. The molecule has 0 bridgehead atoms. The number of hydrogen-bond acceptors (Lipinski definition) is 9. The van der Waals surface area contributed by atoms with Crippen molar-refractivity contribution in [3.05, 3.63) is 83.6 Å². The van der Waals surface area contributed by atoms with Crippen molar-refractivity contribution >= 4 is 35.0 Å². The number of aromatic amines is 2.